The molecule has 0 fully saturated rings. The number of urea groups is 1. The summed E-state index contributed by atoms with van der Waals surface area (Å²) in [5, 5.41) is 2.87. The number of oxazole rings is 1. The van der Waals surface area contributed by atoms with E-state index in [2.05, 4.69) is 22.0 Å². The van der Waals surface area contributed by atoms with Gasteiger partial charge in [-0.1, -0.05) is 13.3 Å². The molecule has 0 bridgehead atoms. The minimum atomic E-state index is -0.569. The van der Waals surface area contributed by atoms with Crippen molar-refractivity contribution in [2.24, 2.45) is 0 Å². The highest BCUT2D eigenvalue weighted by Crippen LogP contribution is 2.08. The normalized spacial score (nSPS) is 10.5. The number of rotatable bonds is 11. The maximum absolute atomic E-state index is 12.3. The van der Waals surface area contributed by atoms with Gasteiger partial charge in [-0.2, -0.15) is 0 Å². The Morgan fingerprint density at radius 2 is 2.12 bits per heavy atom. The zero-order valence-electron chi connectivity index (χ0n) is 14.7. The Hall–Kier alpha value is -2.09. The smallest absolute Gasteiger partial charge is 0.360 e. The molecule has 0 saturated carbocycles. The molecule has 0 spiro atoms. The van der Waals surface area contributed by atoms with Crippen LogP contribution < -0.4 is 5.32 Å². The van der Waals surface area contributed by atoms with Crippen molar-refractivity contribution < 1.29 is 23.5 Å². The van der Waals surface area contributed by atoms with Crippen LogP contribution in [-0.4, -0.2) is 55.3 Å². The number of amides is 2. The van der Waals surface area contributed by atoms with Gasteiger partial charge < -0.3 is 24.1 Å². The Morgan fingerprint density at radius 1 is 1.33 bits per heavy atom. The summed E-state index contributed by atoms with van der Waals surface area (Å²) < 4.78 is 15.1. The van der Waals surface area contributed by atoms with Gasteiger partial charge >= 0.3 is 12.0 Å². The van der Waals surface area contributed by atoms with Gasteiger partial charge in [0.15, 0.2) is 5.69 Å². The molecule has 0 aliphatic carbocycles. The third-order valence-electron chi connectivity index (χ3n) is 3.29. The predicted octanol–water partition coefficient (Wildman–Crippen LogP) is 2.20. The summed E-state index contributed by atoms with van der Waals surface area (Å²) in [6.07, 6.45) is 3.87. The van der Waals surface area contributed by atoms with E-state index in [1.807, 2.05) is 6.92 Å². The zero-order valence-corrected chi connectivity index (χ0v) is 14.7. The first-order valence-corrected chi connectivity index (χ1v) is 8.25. The van der Waals surface area contributed by atoms with Gasteiger partial charge in [0.25, 0.3) is 0 Å². The largest absolute Gasteiger partial charge is 0.464 e. The molecular formula is C16H27N3O5. The molecule has 0 aliphatic rings. The van der Waals surface area contributed by atoms with Crippen LogP contribution in [0, 0.1) is 0 Å². The van der Waals surface area contributed by atoms with Gasteiger partial charge in [-0.25, -0.2) is 14.6 Å². The van der Waals surface area contributed by atoms with Crippen LogP contribution in [0.2, 0.25) is 0 Å². The Morgan fingerprint density at radius 3 is 2.79 bits per heavy atom. The maximum Gasteiger partial charge on any atom is 0.360 e. The molecule has 0 radical (unpaired) electrons. The van der Waals surface area contributed by atoms with Crippen molar-refractivity contribution in [3.8, 4) is 0 Å². The number of aromatic nitrogens is 1. The summed E-state index contributed by atoms with van der Waals surface area (Å²) >= 11 is 0. The highest BCUT2D eigenvalue weighted by molar-refractivity contribution is 5.86. The topological polar surface area (TPSA) is 93.9 Å². The van der Waals surface area contributed by atoms with Crippen LogP contribution in [0.1, 0.15) is 49.5 Å². The molecule has 136 valence electrons. The molecule has 0 aliphatic heterocycles. The number of hydrogen-bond acceptors (Lipinski definition) is 6. The van der Waals surface area contributed by atoms with E-state index in [9.17, 15) is 9.59 Å². The van der Waals surface area contributed by atoms with E-state index in [0.717, 1.165) is 12.8 Å². The van der Waals surface area contributed by atoms with Crippen LogP contribution in [0.5, 0.6) is 0 Å². The highest BCUT2D eigenvalue weighted by atomic mass is 16.5. The molecule has 1 heterocycles. The SMILES string of the molecule is CCCCNC(=O)N(CCCOCC)Cc1nc(C(=O)OC)co1. The summed E-state index contributed by atoms with van der Waals surface area (Å²) in [4.78, 5) is 29.4. The van der Waals surface area contributed by atoms with Crippen LogP contribution in [0.15, 0.2) is 10.7 Å². The van der Waals surface area contributed by atoms with Crippen molar-refractivity contribution >= 4 is 12.0 Å². The van der Waals surface area contributed by atoms with E-state index in [0.29, 0.717) is 32.7 Å². The molecule has 0 unspecified atom stereocenters. The third kappa shape index (κ3) is 6.99. The number of unbranched alkanes of at least 4 members (excludes halogenated alkanes) is 1. The van der Waals surface area contributed by atoms with Gasteiger partial charge in [0.1, 0.15) is 6.26 Å². The van der Waals surface area contributed by atoms with Crippen molar-refractivity contribution in [1.82, 2.24) is 15.2 Å². The molecule has 2 amide bonds. The number of ether oxygens (including phenoxy) is 2. The number of nitrogens with one attached hydrogen (secondary N) is 1. The van der Waals surface area contributed by atoms with Crippen molar-refractivity contribution in [2.45, 2.75) is 39.7 Å². The summed E-state index contributed by atoms with van der Waals surface area (Å²) in [6.45, 7) is 6.52. The van der Waals surface area contributed by atoms with Crippen LogP contribution in [0.25, 0.3) is 0 Å². The second kappa shape index (κ2) is 11.4. The van der Waals surface area contributed by atoms with Crippen LogP contribution >= 0.6 is 0 Å². The maximum atomic E-state index is 12.3. The van der Waals surface area contributed by atoms with E-state index in [1.54, 1.807) is 4.90 Å². The first-order chi connectivity index (χ1) is 11.6. The lowest BCUT2D eigenvalue weighted by molar-refractivity contribution is 0.0594. The predicted molar refractivity (Wildman–Crippen MR) is 87.7 cm³/mol. The van der Waals surface area contributed by atoms with Crippen LogP contribution in [-0.2, 0) is 16.0 Å². The molecule has 0 atom stereocenters. The van der Waals surface area contributed by atoms with E-state index >= 15 is 0 Å². The monoisotopic (exact) mass is 341 g/mol. The Labute approximate surface area is 142 Å². The minimum Gasteiger partial charge on any atom is -0.464 e. The minimum absolute atomic E-state index is 0.0909. The quantitative estimate of drug-likeness (QED) is 0.490. The van der Waals surface area contributed by atoms with Crippen LogP contribution in [0.3, 0.4) is 0 Å². The van der Waals surface area contributed by atoms with Gasteiger partial charge in [-0.15, -0.1) is 0 Å². The van der Waals surface area contributed by atoms with E-state index in [1.165, 1.54) is 13.4 Å². The molecule has 0 saturated heterocycles. The molecule has 0 aromatic carbocycles. The molecule has 1 rings (SSSR count). The van der Waals surface area contributed by atoms with Gasteiger partial charge in [-0.05, 0) is 19.8 Å². The number of hydrogen-bond donors (Lipinski definition) is 1. The number of esters is 1. The summed E-state index contributed by atoms with van der Waals surface area (Å²) in [7, 11) is 1.28. The lowest BCUT2D eigenvalue weighted by Crippen LogP contribution is -2.40. The second-order valence-electron chi connectivity index (χ2n) is 5.18. The first kappa shape index (κ1) is 20.0. The zero-order chi connectivity index (χ0) is 17.8. The van der Waals surface area contributed by atoms with Crippen molar-refractivity contribution in [1.29, 1.82) is 0 Å². The second-order valence-corrected chi connectivity index (χ2v) is 5.18. The van der Waals surface area contributed by atoms with Gasteiger partial charge in [-0.3, -0.25) is 0 Å². The molecule has 1 aromatic rings. The Balaban J connectivity index is 2.63. The summed E-state index contributed by atoms with van der Waals surface area (Å²) in [5.74, 6) is -0.280. The van der Waals surface area contributed by atoms with Gasteiger partial charge in [0.05, 0.1) is 13.7 Å². The number of nitrogens with zero attached hydrogens (tertiary/aromatic N) is 2. The lowest BCUT2D eigenvalue weighted by Gasteiger charge is -2.21. The fraction of sp³-hybridized carbons (Fsp3) is 0.688. The summed E-state index contributed by atoms with van der Waals surface area (Å²) in [5.41, 5.74) is 0.0909. The molecule has 24 heavy (non-hydrogen) atoms. The number of carbonyl (C=O) groups excluding carboxylic acids is 2. The van der Waals surface area contributed by atoms with E-state index < -0.39 is 5.97 Å². The Bertz CT molecular complexity index is 504. The number of methoxy groups -OCH3 is 1. The highest BCUT2D eigenvalue weighted by Gasteiger charge is 2.18. The summed E-state index contributed by atoms with van der Waals surface area (Å²) in [6, 6.07) is -0.183. The van der Waals surface area contributed by atoms with Gasteiger partial charge in [0.2, 0.25) is 5.89 Å². The standard InChI is InChI=1S/C16H27N3O5/c1-4-6-8-17-16(21)19(9-7-10-23-5-2)11-14-18-13(12-24-14)15(20)22-3/h12H,4-11H2,1-3H3,(H,17,21). The van der Waals surface area contributed by atoms with Crippen molar-refractivity contribution in [3.63, 3.8) is 0 Å². The van der Waals surface area contributed by atoms with Gasteiger partial charge in [0, 0.05) is 26.3 Å². The average Bonchev–Trinajstić information content (AvgIpc) is 3.05. The molecule has 1 aromatic heterocycles. The third-order valence-corrected chi connectivity index (χ3v) is 3.29. The van der Waals surface area contributed by atoms with Crippen LogP contribution in [0.4, 0.5) is 4.79 Å². The molecule has 8 heteroatoms. The molecule has 1 N–H and O–H groups in total. The fourth-order valence-corrected chi connectivity index (χ4v) is 1.98. The van der Waals surface area contributed by atoms with Crippen molar-refractivity contribution in [3.05, 3.63) is 17.8 Å². The van der Waals surface area contributed by atoms with Crippen molar-refractivity contribution in [2.75, 3.05) is 33.4 Å². The molecule has 8 nitrogen and oxygen atoms in total. The average molecular weight is 341 g/mol. The van der Waals surface area contributed by atoms with E-state index in [4.69, 9.17) is 9.15 Å². The first-order valence-electron chi connectivity index (χ1n) is 8.25. The molecular weight excluding hydrogens is 314 g/mol. The van der Waals surface area contributed by atoms with E-state index in [-0.39, 0.29) is 24.2 Å². The fourth-order valence-electron chi connectivity index (χ4n) is 1.98. The number of carbonyl (C=O) groups is 2. The lowest BCUT2D eigenvalue weighted by atomic mass is 10.3. The Kier molecular flexibility index (Phi) is 9.52.